The van der Waals surface area contributed by atoms with Crippen LogP contribution in [-0.2, 0) is 11.2 Å². The van der Waals surface area contributed by atoms with Crippen LogP contribution in [0, 0.1) is 5.41 Å². The van der Waals surface area contributed by atoms with Gasteiger partial charge in [-0.05, 0) is 30.5 Å². The van der Waals surface area contributed by atoms with E-state index in [4.69, 9.17) is 4.98 Å². The molecule has 1 spiro atoms. The Morgan fingerprint density at radius 1 is 1.14 bits per heavy atom. The minimum absolute atomic E-state index is 0.0287. The van der Waals surface area contributed by atoms with E-state index in [1.165, 1.54) is 0 Å². The molecule has 3 aromatic rings. The average Bonchev–Trinajstić information content (AvgIpc) is 3.45. The molecule has 0 unspecified atom stereocenters. The normalized spacial score (nSPS) is 18.8. The number of rotatable bonds is 6. The summed E-state index contributed by atoms with van der Waals surface area (Å²) >= 11 is 0. The molecule has 188 valence electrons. The number of nitrogens with one attached hydrogen (secondary N) is 2. The molecule has 2 N–H and O–H groups in total. The topological polar surface area (TPSA) is 108 Å². The van der Waals surface area contributed by atoms with E-state index in [-0.39, 0.29) is 17.9 Å². The highest BCUT2D eigenvalue weighted by Crippen LogP contribution is 2.35. The Hall–Kier alpha value is -3.53. The highest BCUT2D eigenvalue weighted by atomic mass is 16.2. The number of likely N-dealkylation sites (tertiary alicyclic amines) is 1. The van der Waals surface area contributed by atoms with E-state index in [1.54, 1.807) is 31.4 Å². The van der Waals surface area contributed by atoms with Gasteiger partial charge in [0.1, 0.15) is 17.2 Å². The molecule has 2 saturated heterocycles. The number of amides is 2. The Bertz CT molecular complexity index is 1300. The number of nitrogens with zero attached hydrogens (tertiary/aromatic N) is 6. The summed E-state index contributed by atoms with van der Waals surface area (Å²) in [5.41, 5.74) is 2.64. The summed E-state index contributed by atoms with van der Waals surface area (Å²) in [5, 5.41) is 7.33. The van der Waals surface area contributed by atoms with Gasteiger partial charge < -0.3 is 25.0 Å². The second-order valence-corrected chi connectivity index (χ2v) is 10.7. The van der Waals surface area contributed by atoms with Gasteiger partial charge in [0.05, 0.1) is 6.42 Å². The largest absolute Gasteiger partial charge is 0.343 e. The number of pyridine rings is 1. The van der Waals surface area contributed by atoms with Gasteiger partial charge in [-0.15, -0.1) is 0 Å². The number of carbonyl (C=O) groups excluding carboxylic acids is 2. The highest BCUT2D eigenvalue weighted by Gasteiger charge is 2.48. The van der Waals surface area contributed by atoms with Crippen LogP contribution in [0.25, 0.3) is 11.0 Å². The van der Waals surface area contributed by atoms with Gasteiger partial charge in [-0.25, -0.2) is 9.97 Å². The molecule has 10 nitrogen and oxygen atoms in total. The smallest absolute Gasteiger partial charge is 0.270 e. The van der Waals surface area contributed by atoms with Crippen LogP contribution < -0.4 is 10.6 Å². The predicted octanol–water partition coefficient (Wildman–Crippen LogP) is 2.36. The Morgan fingerprint density at radius 3 is 2.56 bits per heavy atom. The summed E-state index contributed by atoms with van der Waals surface area (Å²) in [5.74, 6) is 1.16. The van der Waals surface area contributed by atoms with Gasteiger partial charge in [0.25, 0.3) is 5.91 Å². The summed E-state index contributed by atoms with van der Waals surface area (Å²) in [7, 11) is 3.54. The van der Waals surface area contributed by atoms with Gasteiger partial charge in [-0.1, -0.05) is 18.9 Å². The van der Waals surface area contributed by atoms with E-state index in [2.05, 4.69) is 25.2 Å². The maximum absolute atomic E-state index is 12.9. The molecule has 36 heavy (non-hydrogen) atoms. The third kappa shape index (κ3) is 4.09. The van der Waals surface area contributed by atoms with Crippen LogP contribution in [0.3, 0.4) is 0 Å². The monoisotopic (exact) mass is 488 g/mol. The van der Waals surface area contributed by atoms with Crippen molar-refractivity contribution in [2.45, 2.75) is 38.1 Å². The van der Waals surface area contributed by atoms with Crippen LogP contribution in [-0.4, -0.2) is 81.4 Å². The molecular weight excluding hydrogens is 456 g/mol. The molecular formula is C26H32N8O2. The molecule has 0 aromatic carbocycles. The first-order valence-electron chi connectivity index (χ1n) is 12.7. The van der Waals surface area contributed by atoms with E-state index in [9.17, 15) is 9.59 Å². The zero-order valence-corrected chi connectivity index (χ0v) is 20.8. The average molecular weight is 489 g/mol. The summed E-state index contributed by atoms with van der Waals surface area (Å²) in [6, 6.07) is 5.92. The second-order valence-electron chi connectivity index (χ2n) is 10.7. The van der Waals surface area contributed by atoms with Gasteiger partial charge in [0.2, 0.25) is 11.9 Å². The zero-order chi connectivity index (χ0) is 24.9. The van der Waals surface area contributed by atoms with Crippen LogP contribution >= 0.6 is 0 Å². The fourth-order valence-electron chi connectivity index (χ4n) is 5.64. The maximum Gasteiger partial charge on any atom is 0.270 e. The molecule has 1 aliphatic carbocycles. The Balaban J connectivity index is 1.18. The van der Waals surface area contributed by atoms with Crippen molar-refractivity contribution in [1.29, 1.82) is 0 Å². The molecule has 1 saturated carbocycles. The minimum atomic E-state index is -0.0287. The summed E-state index contributed by atoms with van der Waals surface area (Å²) < 4.78 is 2.10. The SMILES string of the molecule is CN(C)C(=O)c1cc2cnc(Nc3ccc(CC(=O)N4CC5(CNC5)C4)cn3)nc2n1C1CCCC1. The minimum Gasteiger partial charge on any atom is -0.343 e. The lowest BCUT2D eigenvalue weighted by Gasteiger charge is -2.56. The molecule has 0 bridgehead atoms. The van der Waals surface area contributed by atoms with Gasteiger partial charge in [-0.2, -0.15) is 4.98 Å². The lowest BCUT2D eigenvalue weighted by molar-refractivity contribution is -0.146. The van der Waals surface area contributed by atoms with Crippen molar-refractivity contribution in [3.8, 4) is 0 Å². The van der Waals surface area contributed by atoms with Crippen LogP contribution in [0.1, 0.15) is 47.8 Å². The summed E-state index contributed by atoms with van der Waals surface area (Å²) in [6.45, 7) is 3.75. The van der Waals surface area contributed by atoms with Gasteiger partial charge in [0.15, 0.2) is 0 Å². The Kier molecular flexibility index (Phi) is 5.63. The number of aromatic nitrogens is 4. The number of anilines is 2. The van der Waals surface area contributed by atoms with Crippen LogP contribution in [0.4, 0.5) is 11.8 Å². The van der Waals surface area contributed by atoms with E-state index in [0.717, 1.165) is 68.5 Å². The molecule has 0 atom stereocenters. The predicted molar refractivity (Wildman–Crippen MR) is 136 cm³/mol. The van der Waals surface area contributed by atoms with Crippen molar-refractivity contribution in [2.75, 3.05) is 45.6 Å². The van der Waals surface area contributed by atoms with Crippen molar-refractivity contribution in [3.05, 3.63) is 41.9 Å². The quantitative estimate of drug-likeness (QED) is 0.548. The van der Waals surface area contributed by atoms with Crippen molar-refractivity contribution >= 4 is 34.6 Å². The van der Waals surface area contributed by atoms with Crippen molar-refractivity contribution < 1.29 is 9.59 Å². The molecule has 3 aromatic heterocycles. The van der Waals surface area contributed by atoms with Crippen LogP contribution in [0.15, 0.2) is 30.6 Å². The lowest BCUT2D eigenvalue weighted by Crippen LogP contribution is -2.72. The van der Waals surface area contributed by atoms with Crippen molar-refractivity contribution in [1.82, 2.24) is 34.6 Å². The van der Waals surface area contributed by atoms with Crippen molar-refractivity contribution in [2.24, 2.45) is 5.41 Å². The van der Waals surface area contributed by atoms with Crippen LogP contribution in [0.2, 0.25) is 0 Å². The summed E-state index contributed by atoms with van der Waals surface area (Å²) in [4.78, 5) is 42.7. The lowest BCUT2D eigenvalue weighted by atomic mass is 9.74. The van der Waals surface area contributed by atoms with E-state index in [1.807, 2.05) is 23.1 Å². The Labute approximate surface area is 210 Å². The zero-order valence-electron chi connectivity index (χ0n) is 20.8. The standard InChI is InChI=1S/C26H32N8O2/c1-32(2)24(36)20-10-18-12-29-25(31-23(18)34(20)19-5-3-4-6-19)30-21-8-7-17(11-28-21)9-22(35)33-15-26(16-33)13-27-14-26/h7-8,10-12,19,27H,3-6,9,13-16H2,1-2H3,(H,28,29,30,31). The molecule has 2 aliphatic heterocycles. The number of hydrogen-bond acceptors (Lipinski definition) is 7. The highest BCUT2D eigenvalue weighted by molar-refractivity contribution is 5.98. The first-order chi connectivity index (χ1) is 17.4. The molecule has 5 heterocycles. The molecule has 6 rings (SSSR count). The maximum atomic E-state index is 12.9. The molecule has 3 fully saturated rings. The number of fused-ring (bicyclic) bond motifs is 1. The third-order valence-electron chi connectivity index (χ3n) is 7.72. The second kappa shape index (κ2) is 8.85. The van der Waals surface area contributed by atoms with E-state index >= 15 is 0 Å². The fraction of sp³-hybridized carbons (Fsp3) is 0.500. The van der Waals surface area contributed by atoms with Gasteiger partial charge in [0, 0.05) is 69.5 Å². The number of hydrogen-bond donors (Lipinski definition) is 2. The van der Waals surface area contributed by atoms with E-state index < -0.39 is 0 Å². The van der Waals surface area contributed by atoms with Gasteiger partial charge >= 0.3 is 0 Å². The first kappa shape index (κ1) is 22.9. The fourth-order valence-corrected chi connectivity index (χ4v) is 5.64. The third-order valence-corrected chi connectivity index (χ3v) is 7.72. The molecule has 3 aliphatic rings. The van der Waals surface area contributed by atoms with Crippen LogP contribution in [0.5, 0.6) is 0 Å². The molecule has 0 radical (unpaired) electrons. The van der Waals surface area contributed by atoms with Gasteiger partial charge in [-0.3, -0.25) is 9.59 Å². The number of carbonyl (C=O) groups is 2. The molecule has 2 amide bonds. The van der Waals surface area contributed by atoms with Crippen molar-refractivity contribution in [3.63, 3.8) is 0 Å². The Morgan fingerprint density at radius 2 is 1.92 bits per heavy atom. The van der Waals surface area contributed by atoms with E-state index in [0.29, 0.717) is 29.3 Å². The molecule has 10 heteroatoms. The summed E-state index contributed by atoms with van der Waals surface area (Å²) in [6.07, 6.45) is 8.25. The first-order valence-corrected chi connectivity index (χ1v) is 12.7.